The van der Waals surface area contributed by atoms with Crippen molar-refractivity contribution in [2.24, 2.45) is 0 Å². The van der Waals surface area contributed by atoms with Gasteiger partial charge in [0.15, 0.2) is 0 Å². The fourth-order valence-electron chi connectivity index (χ4n) is 3.40. The highest BCUT2D eigenvalue weighted by molar-refractivity contribution is 6.30. The molecule has 2 N–H and O–H groups in total. The number of aromatic nitrogens is 3. The number of nitrogens with zero attached hydrogens (tertiary/aromatic N) is 3. The largest absolute Gasteiger partial charge is 0.375 e. The van der Waals surface area contributed by atoms with Crippen LogP contribution in [0.15, 0.2) is 48.5 Å². The molecule has 2 aromatic carbocycles. The Hall–Kier alpha value is -2.61. The van der Waals surface area contributed by atoms with Crippen LogP contribution in [0.4, 0.5) is 11.9 Å². The normalized spacial score (nSPS) is 18.0. The number of benzene rings is 2. The van der Waals surface area contributed by atoms with Gasteiger partial charge in [-0.15, -0.1) is 5.10 Å². The van der Waals surface area contributed by atoms with Crippen molar-refractivity contribution in [1.29, 1.82) is 0 Å². The first-order chi connectivity index (χ1) is 14.0. The van der Waals surface area contributed by atoms with Crippen LogP contribution in [0.3, 0.4) is 0 Å². The second-order valence-electron chi connectivity index (χ2n) is 6.74. The van der Waals surface area contributed by atoms with E-state index in [0.717, 1.165) is 17.5 Å². The third-order valence-corrected chi connectivity index (χ3v) is 5.25. The number of ether oxygens (including phenoxy) is 1. The van der Waals surface area contributed by atoms with Crippen molar-refractivity contribution >= 4 is 41.0 Å². The second kappa shape index (κ2) is 8.41. The first-order valence-electron chi connectivity index (χ1n) is 9.06. The van der Waals surface area contributed by atoms with Gasteiger partial charge in [0.1, 0.15) is 6.61 Å². The Balaban J connectivity index is 1.69. The molecule has 0 bridgehead atoms. The van der Waals surface area contributed by atoms with E-state index in [-0.39, 0.29) is 30.5 Å². The molecule has 7 nitrogen and oxygen atoms in total. The minimum Gasteiger partial charge on any atom is -0.375 e. The number of carbonyl (C=O) groups is 1. The van der Waals surface area contributed by atoms with E-state index >= 15 is 0 Å². The number of hydrogen-bond acceptors (Lipinski definition) is 5. The molecule has 2 heterocycles. The molecule has 2 atom stereocenters. The molecule has 0 spiro atoms. The van der Waals surface area contributed by atoms with E-state index in [0.29, 0.717) is 16.0 Å². The molecule has 1 amide bonds. The van der Waals surface area contributed by atoms with Crippen LogP contribution in [0.25, 0.3) is 0 Å². The number of amides is 1. The van der Waals surface area contributed by atoms with Gasteiger partial charge in [-0.2, -0.15) is 4.98 Å². The zero-order chi connectivity index (χ0) is 20.4. The predicted molar refractivity (Wildman–Crippen MR) is 113 cm³/mol. The lowest BCUT2D eigenvalue weighted by Crippen LogP contribution is -2.28. The van der Waals surface area contributed by atoms with E-state index in [1.807, 2.05) is 48.5 Å². The van der Waals surface area contributed by atoms with Crippen LogP contribution >= 0.6 is 23.2 Å². The lowest BCUT2D eigenvalue weighted by molar-refractivity contribution is -0.119. The third kappa shape index (κ3) is 4.37. The highest BCUT2D eigenvalue weighted by atomic mass is 35.5. The van der Waals surface area contributed by atoms with E-state index < -0.39 is 0 Å². The summed E-state index contributed by atoms with van der Waals surface area (Å²) in [5, 5.41) is 11.9. The topological polar surface area (TPSA) is 81.1 Å². The Labute approximate surface area is 178 Å². The number of hydrogen-bond donors (Lipinski definition) is 2. The standard InChI is InChI=1S/C20H19Cl2N5O2/c1-29-11-18(28)24-19-25-20-23-16(12-2-6-14(21)7-3-12)10-17(27(20)26-19)13-4-8-15(22)9-5-13/h2-9,16-17H,10-11H2,1H3,(H2,23,24,25,26,28)/t16-,17-/m1/s1. The number of methoxy groups -OCH3 is 1. The molecule has 4 rings (SSSR count). The van der Waals surface area contributed by atoms with Crippen molar-refractivity contribution in [1.82, 2.24) is 14.8 Å². The Bertz CT molecular complexity index is 1000. The summed E-state index contributed by atoms with van der Waals surface area (Å²) in [6.07, 6.45) is 0.741. The number of nitrogens with one attached hydrogen (secondary N) is 2. The number of halogens is 2. The SMILES string of the molecule is COCC(=O)Nc1nc2n(n1)[C@@H](c1ccc(Cl)cc1)C[C@H](c1ccc(Cl)cc1)N2. The van der Waals surface area contributed by atoms with Crippen molar-refractivity contribution in [3.63, 3.8) is 0 Å². The maximum atomic E-state index is 11.9. The van der Waals surface area contributed by atoms with Crippen molar-refractivity contribution in [2.45, 2.75) is 18.5 Å². The van der Waals surface area contributed by atoms with Gasteiger partial charge in [-0.1, -0.05) is 47.5 Å². The second-order valence-corrected chi connectivity index (χ2v) is 7.61. The predicted octanol–water partition coefficient (Wildman–Crippen LogP) is 4.32. The van der Waals surface area contributed by atoms with Gasteiger partial charge in [0.05, 0.1) is 12.1 Å². The molecule has 0 radical (unpaired) electrons. The van der Waals surface area contributed by atoms with Crippen LogP contribution in [0.1, 0.15) is 29.6 Å². The van der Waals surface area contributed by atoms with Crippen LogP contribution in [-0.2, 0) is 9.53 Å². The van der Waals surface area contributed by atoms with Gasteiger partial charge < -0.3 is 10.1 Å². The van der Waals surface area contributed by atoms with E-state index in [9.17, 15) is 4.79 Å². The number of anilines is 2. The fourth-order valence-corrected chi connectivity index (χ4v) is 3.65. The fraction of sp³-hybridized carbons (Fsp3) is 0.250. The van der Waals surface area contributed by atoms with Crippen LogP contribution in [0.2, 0.25) is 10.0 Å². The molecule has 9 heteroatoms. The minimum atomic E-state index is -0.312. The Morgan fingerprint density at radius 1 is 1.14 bits per heavy atom. The molecular weight excluding hydrogens is 413 g/mol. The highest BCUT2D eigenvalue weighted by Crippen LogP contribution is 2.38. The lowest BCUT2D eigenvalue weighted by atomic mass is 9.93. The molecule has 0 unspecified atom stereocenters. The van der Waals surface area contributed by atoms with Gasteiger partial charge in [0.25, 0.3) is 11.9 Å². The van der Waals surface area contributed by atoms with Crippen LogP contribution in [0.5, 0.6) is 0 Å². The van der Waals surface area contributed by atoms with Gasteiger partial charge in [-0.3, -0.25) is 10.1 Å². The van der Waals surface area contributed by atoms with Crippen molar-refractivity contribution in [3.05, 3.63) is 69.7 Å². The third-order valence-electron chi connectivity index (χ3n) is 4.74. The summed E-state index contributed by atoms with van der Waals surface area (Å²) in [4.78, 5) is 16.3. The molecule has 1 aliphatic heterocycles. The van der Waals surface area contributed by atoms with E-state index in [1.54, 1.807) is 4.68 Å². The van der Waals surface area contributed by atoms with Gasteiger partial charge in [-0.05, 0) is 41.8 Å². The average molecular weight is 432 g/mol. The van der Waals surface area contributed by atoms with Crippen LogP contribution < -0.4 is 10.6 Å². The van der Waals surface area contributed by atoms with Gasteiger partial charge in [0.2, 0.25) is 5.95 Å². The number of rotatable bonds is 5. The summed E-state index contributed by atoms with van der Waals surface area (Å²) in [6, 6.07) is 15.3. The van der Waals surface area contributed by atoms with Crippen molar-refractivity contribution in [3.8, 4) is 0 Å². The lowest BCUT2D eigenvalue weighted by Gasteiger charge is -2.31. The quantitative estimate of drug-likeness (QED) is 0.628. The number of carbonyl (C=O) groups excluding carboxylic acids is 1. The molecule has 3 aromatic rings. The van der Waals surface area contributed by atoms with E-state index in [4.69, 9.17) is 27.9 Å². The summed E-state index contributed by atoms with van der Waals surface area (Å²) < 4.78 is 6.64. The maximum Gasteiger partial charge on any atom is 0.252 e. The minimum absolute atomic E-state index is 0.00664. The van der Waals surface area contributed by atoms with Crippen LogP contribution in [0, 0.1) is 0 Å². The highest BCUT2D eigenvalue weighted by Gasteiger charge is 2.31. The maximum absolute atomic E-state index is 11.9. The van der Waals surface area contributed by atoms with Gasteiger partial charge in [0, 0.05) is 17.2 Å². The zero-order valence-electron chi connectivity index (χ0n) is 15.6. The summed E-state index contributed by atoms with van der Waals surface area (Å²) in [5.74, 6) is 0.488. The average Bonchev–Trinajstić information content (AvgIpc) is 3.11. The van der Waals surface area contributed by atoms with Crippen LogP contribution in [-0.4, -0.2) is 34.4 Å². The molecule has 29 heavy (non-hydrogen) atoms. The summed E-state index contributed by atoms with van der Waals surface area (Å²) in [6.45, 7) is -0.0642. The first kappa shape index (κ1) is 19.7. The van der Waals surface area contributed by atoms with Crippen molar-refractivity contribution < 1.29 is 9.53 Å². The van der Waals surface area contributed by atoms with Gasteiger partial charge >= 0.3 is 0 Å². The molecule has 0 fully saturated rings. The molecular formula is C20H19Cl2N5O2. The number of fused-ring (bicyclic) bond motifs is 1. The monoisotopic (exact) mass is 431 g/mol. The summed E-state index contributed by atoms with van der Waals surface area (Å²) >= 11 is 12.1. The smallest absolute Gasteiger partial charge is 0.252 e. The van der Waals surface area contributed by atoms with Crippen molar-refractivity contribution in [2.75, 3.05) is 24.4 Å². The Morgan fingerprint density at radius 2 is 1.76 bits per heavy atom. The van der Waals surface area contributed by atoms with E-state index in [2.05, 4.69) is 20.7 Å². The molecule has 1 aliphatic rings. The Kier molecular flexibility index (Phi) is 5.71. The Morgan fingerprint density at radius 3 is 2.38 bits per heavy atom. The molecule has 0 saturated carbocycles. The first-order valence-corrected chi connectivity index (χ1v) is 9.82. The molecule has 150 valence electrons. The van der Waals surface area contributed by atoms with E-state index in [1.165, 1.54) is 7.11 Å². The zero-order valence-corrected chi connectivity index (χ0v) is 17.1. The molecule has 1 aromatic heterocycles. The summed E-state index contributed by atoms with van der Waals surface area (Å²) in [7, 11) is 1.46. The summed E-state index contributed by atoms with van der Waals surface area (Å²) in [5.41, 5.74) is 2.14. The van der Waals surface area contributed by atoms with Gasteiger partial charge in [-0.25, -0.2) is 4.68 Å². The molecule has 0 aliphatic carbocycles. The molecule has 0 saturated heterocycles.